The normalized spacial score (nSPS) is 14.6. The van der Waals surface area contributed by atoms with Crippen molar-refractivity contribution < 1.29 is 14.3 Å². The average molecular weight is 413 g/mol. The molecule has 0 saturated carbocycles. The third-order valence-electron chi connectivity index (χ3n) is 4.59. The van der Waals surface area contributed by atoms with Crippen molar-refractivity contribution >= 4 is 28.6 Å². The Labute approximate surface area is 174 Å². The molecular weight excluding hydrogens is 388 g/mol. The molecule has 1 aromatic carbocycles. The van der Waals surface area contributed by atoms with Crippen LogP contribution in [0.25, 0.3) is 0 Å². The van der Waals surface area contributed by atoms with Crippen molar-refractivity contribution in [2.75, 3.05) is 25.6 Å². The minimum absolute atomic E-state index is 0.0594. The fourth-order valence-corrected chi connectivity index (χ4v) is 3.90. The smallest absolute Gasteiger partial charge is 0.246 e. The Kier molecular flexibility index (Phi) is 7.00. The number of hydrogen-bond donors (Lipinski definition) is 1. The predicted molar refractivity (Wildman–Crippen MR) is 113 cm³/mol. The van der Waals surface area contributed by atoms with Gasteiger partial charge in [0.25, 0.3) is 0 Å². The Bertz CT molecular complexity index is 931. The van der Waals surface area contributed by atoms with Crippen LogP contribution in [0.5, 0.6) is 0 Å². The topological polar surface area (TPSA) is 84.4 Å². The summed E-state index contributed by atoms with van der Waals surface area (Å²) in [7, 11) is 1.62. The van der Waals surface area contributed by atoms with E-state index in [2.05, 4.69) is 15.3 Å². The zero-order chi connectivity index (χ0) is 20.8. The van der Waals surface area contributed by atoms with Gasteiger partial charge in [-0.25, -0.2) is 9.97 Å². The van der Waals surface area contributed by atoms with E-state index in [1.165, 1.54) is 0 Å². The standard InChI is InChI=1S/C21H24N4O3S/c1-14(18(9-10-28-3)29-21(27)16-7-5-4-6-8-16)25-13-17-11-22-15(2)24-20(17)23-12-19(25)26/h4-8,11H,9-10,12-13H2,1-3H3,(H,22,23,24)/b18-14-. The second-order valence-electron chi connectivity index (χ2n) is 6.63. The molecule has 1 amide bonds. The summed E-state index contributed by atoms with van der Waals surface area (Å²) in [5.74, 6) is 1.24. The van der Waals surface area contributed by atoms with Gasteiger partial charge < -0.3 is 15.0 Å². The molecule has 152 valence electrons. The first-order valence-corrected chi connectivity index (χ1v) is 10.1. The van der Waals surface area contributed by atoms with E-state index < -0.39 is 0 Å². The second kappa shape index (κ2) is 9.67. The number of carbonyl (C=O) groups excluding carboxylic acids is 2. The Morgan fingerprint density at radius 1 is 1.31 bits per heavy atom. The van der Waals surface area contributed by atoms with Gasteiger partial charge >= 0.3 is 0 Å². The molecule has 0 aliphatic carbocycles. The maximum Gasteiger partial charge on any atom is 0.246 e. The average Bonchev–Trinajstić information content (AvgIpc) is 2.90. The number of nitrogens with one attached hydrogen (secondary N) is 1. The van der Waals surface area contributed by atoms with Gasteiger partial charge in [-0.15, -0.1) is 0 Å². The fourth-order valence-electron chi connectivity index (χ4n) is 2.98. The molecule has 2 aromatic rings. The monoisotopic (exact) mass is 412 g/mol. The summed E-state index contributed by atoms with van der Waals surface area (Å²) in [6.07, 6.45) is 2.28. The summed E-state index contributed by atoms with van der Waals surface area (Å²) in [5, 5.41) is 3.03. The number of aryl methyl sites for hydroxylation is 1. The van der Waals surface area contributed by atoms with E-state index in [0.29, 0.717) is 36.8 Å². The Morgan fingerprint density at radius 3 is 2.79 bits per heavy atom. The van der Waals surface area contributed by atoms with Crippen molar-refractivity contribution in [3.8, 4) is 0 Å². The van der Waals surface area contributed by atoms with Crippen LogP contribution in [0.4, 0.5) is 5.82 Å². The van der Waals surface area contributed by atoms with Crippen LogP contribution in [-0.4, -0.2) is 46.2 Å². The Hall–Kier alpha value is -2.71. The van der Waals surface area contributed by atoms with Gasteiger partial charge in [-0.2, -0.15) is 0 Å². The number of benzene rings is 1. The lowest BCUT2D eigenvalue weighted by Crippen LogP contribution is -2.32. The quantitative estimate of drug-likeness (QED) is 0.778. The Balaban J connectivity index is 1.90. The fraction of sp³-hybridized carbons (Fsp3) is 0.333. The lowest BCUT2D eigenvalue weighted by molar-refractivity contribution is -0.127. The van der Waals surface area contributed by atoms with Crippen LogP contribution >= 0.6 is 11.8 Å². The van der Waals surface area contributed by atoms with Gasteiger partial charge in [0.05, 0.1) is 19.7 Å². The van der Waals surface area contributed by atoms with E-state index >= 15 is 0 Å². The summed E-state index contributed by atoms with van der Waals surface area (Å²) >= 11 is 1.15. The second-order valence-corrected chi connectivity index (χ2v) is 7.70. The van der Waals surface area contributed by atoms with Crippen LogP contribution in [0.2, 0.25) is 0 Å². The maximum atomic E-state index is 12.8. The van der Waals surface area contributed by atoms with E-state index in [1.54, 1.807) is 30.3 Å². The molecule has 7 nitrogen and oxygen atoms in total. The van der Waals surface area contributed by atoms with Gasteiger partial charge in [0.15, 0.2) is 0 Å². The van der Waals surface area contributed by atoms with Crippen molar-refractivity contribution in [1.29, 1.82) is 0 Å². The summed E-state index contributed by atoms with van der Waals surface area (Å²) < 4.78 is 5.22. The predicted octanol–water partition coefficient (Wildman–Crippen LogP) is 3.38. The molecule has 1 N–H and O–H groups in total. The minimum atomic E-state index is -0.0826. The highest BCUT2D eigenvalue weighted by atomic mass is 32.2. The molecule has 0 fully saturated rings. The van der Waals surface area contributed by atoms with Crippen LogP contribution in [-0.2, 0) is 16.1 Å². The van der Waals surface area contributed by atoms with Crippen molar-refractivity contribution in [3.63, 3.8) is 0 Å². The molecule has 0 atom stereocenters. The number of ether oxygens (including phenoxy) is 1. The molecule has 3 rings (SSSR count). The summed E-state index contributed by atoms with van der Waals surface area (Å²) in [5.41, 5.74) is 2.21. The van der Waals surface area contributed by atoms with Gasteiger partial charge in [-0.1, -0.05) is 30.3 Å². The number of anilines is 1. The van der Waals surface area contributed by atoms with Gasteiger partial charge in [0, 0.05) is 41.5 Å². The zero-order valence-corrected chi connectivity index (χ0v) is 17.6. The van der Waals surface area contributed by atoms with Crippen LogP contribution in [0, 0.1) is 6.92 Å². The molecular formula is C21H24N4O3S. The molecule has 1 aromatic heterocycles. The van der Waals surface area contributed by atoms with E-state index in [9.17, 15) is 9.59 Å². The number of fused-ring (bicyclic) bond motifs is 1. The van der Waals surface area contributed by atoms with Gasteiger partial charge in [0.2, 0.25) is 11.0 Å². The number of methoxy groups -OCH3 is 1. The summed E-state index contributed by atoms with van der Waals surface area (Å²) in [6, 6.07) is 9.12. The highest BCUT2D eigenvalue weighted by Gasteiger charge is 2.25. The van der Waals surface area contributed by atoms with Crippen molar-refractivity contribution in [1.82, 2.24) is 14.9 Å². The lowest BCUT2D eigenvalue weighted by Gasteiger charge is -2.24. The Morgan fingerprint density at radius 2 is 2.07 bits per heavy atom. The van der Waals surface area contributed by atoms with E-state index in [1.807, 2.05) is 32.0 Å². The first-order valence-electron chi connectivity index (χ1n) is 9.32. The molecule has 0 unspecified atom stereocenters. The molecule has 0 radical (unpaired) electrons. The van der Waals surface area contributed by atoms with Crippen LogP contribution < -0.4 is 5.32 Å². The third kappa shape index (κ3) is 5.21. The zero-order valence-electron chi connectivity index (χ0n) is 16.8. The summed E-state index contributed by atoms with van der Waals surface area (Å²) in [4.78, 5) is 36.7. The molecule has 0 bridgehead atoms. The first-order chi connectivity index (χ1) is 14.0. The van der Waals surface area contributed by atoms with Gasteiger partial charge in [-0.3, -0.25) is 9.59 Å². The van der Waals surface area contributed by atoms with Crippen LogP contribution in [0.3, 0.4) is 0 Å². The number of rotatable bonds is 6. The van der Waals surface area contributed by atoms with E-state index in [4.69, 9.17) is 4.74 Å². The number of nitrogens with zero attached hydrogens (tertiary/aromatic N) is 3. The largest absolute Gasteiger partial charge is 0.384 e. The minimum Gasteiger partial charge on any atom is -0.384 e. The van der Waals surface area contributed by atoms with E-state index in [0.717, 1.165) is 27.9 Å². The van der Waals surface area contributed by atoms with E-state index in [-0.39, 0.29) is 17.6 Å². The van der Waals surface area contributed by atoms with Gasteiger partial charge in [0.1, 0.15) is 11.6 Å². The van der Waals surface area contributed by atoms with Crippen molar-refractivity contribution in [2.24, 2.45) is 0 Å². The van der Waals surface area contributed by atoms with Crippen LogP contribution in [0.15, 0.2) is 47.1 Å². The highest BCUT2D eigenvalue weighted by molar-refractivity contribution is 8.17. The number of amides is 1. The lowest BCUT2D eigenvalue weighted by atomic mass is 10.2. The van der Waals surface area contributed by atoms with Crippen LogP contribution in [0.1, 0.15) is 35.1 Å². The molecule has 0 saturated heterocycles. The van der Waals surface area contributed by atoms with Gasteiger partial charge in [-0.05, 0) is 25.6 Å². The molecule has 29 heavy (non-hydrogen) atoms. The third-order valence-corrected chi connectivity index (χ3v) is 5.76. The first kappa shape index (κ1) is 21.0. The number of carbonyl (C=O) groups is 2. The molecule has 8 heteroatoms. The SMILES string of the molecule is COCC/C(SC(=O)c1ccccc1)=C(\C)N1Cc2cnc(C)nc2NCC1=O. The molecule has 1 aliphatic rings. The molecule has 1 aliphatic heterocycles. The molecule has 0 spiro atoms. The summed E-state index contributed by atoms with van der Waals surface area (Å²) in [6.45, 7) is 4.63. The van der Waals surface area contributed by atoms with Crippen molar-refractivity contribution in [3.05, 3.63) is 64.1 Å². The number of aromatic nitrogens is 2. The number of allylic oxidation sites excluding steroid dienone is 1. The number of thioether (sulfide) groups is 1. The highest BCUT2D eigenvalue weighted by Crippen LogP contribution is 2.31. The molecule has 2 heterocycles. The maximum absolute atomic E-state index is 12.8. The van der Waals surface area contributed by atoms with Crippen molar-refractivity contribution in [2.45, 2.75) is 26.8 Å². The number of hydrogen-bond acceptors (Lipinski definition) is 7.